The number of halogens is 1. The summed E-state index contributed by atoms with van der Waals surface area (Å²) in [7, 11) is 0. The van der Waals surface area contributed by atoms with Crippen molar-refractivity contribution in [1.82, 2.24) is 4.90 Å². The van der Waals surface area contributed by atoms with E-state index in [9.17, 15) is 14.3 Å². The highest BCUT2D eigenvalue weighted by Gasteiger charge is 2.27. The summed E-state index contributed by atoms with van der Waals surface area (Å²) in [5, 5.41) is 9.22. The lowest BCUT2D eigenvalue weighted by molar-refractivity contribution is -0.130. The van der Waals surface area contributed by atoms with Crippen molar-refractivity contribution in [3.05, 3.63) is 41.7 Å². The number of hydrogen-bond acceptors (Lipinski definition) is 2. The fourth-order valence-corrected chi connectivity index (χ4v) is 2.48. The Morgan fingerprint density at radius 3 is 2.75 bits per heavy atom. The van der Waals surface area contributed by atoms with E-state index >= 15 is 0 Å². The van der Waals surface area contributed by atoms with Gasteiger partial charge in [-0.3, -0.25) is 4.79 Å². The average molecular weight is 277 g/mol. The fraction of sp³-hybridized carbons (Fsp3) is 0.438. The number of carbonyl (C=O) groups is 1. The second-order valence-corrected chi connectivity index (χ2v) is 5.35. The minimum absolute atomic E-state index is 0.0556. The van der Waals surface area contributed by atoms with Crippen LogP contribution in [0.4, 0.5) is 4.39 Å². The number of likely N-dealkylation sites (tertiary alicyclic amines) is 1. The van der Waals surface area contributed by atoms with Crippen molar-refractivity contribution in [2.75, 3.05) is 13.2 Å². The molecule has 2 atom stereocenters. The van der Waals surface area contributed by atoms with Gasteiger partial charge in [0.1, 0.15) is 5.82 Å². The molecule has 1 N–H and O–H groups in total. The molecule has 0 saturated carbocycles. The lowest BCUT2D eigenvalue weighted by Crippen LogP contribution is -2.45. The Hall–Kier alpha value is -1.68. The van der Waals surface area contributed by atoms with Crippen molar-refractivity contribution in [2.24, 2.45) is 5.92 Å². The fourth-order valence-electron chi connectivity index (χ4n) is 2.48. The molecule has 0 aromatic heterocycles. The number of hydrogen-bond donors (Lipinski definition) is 1. The Bertz CT molecular complexity index is 484. The van der Waals surface area contributed by atoms with Gasteiger partial charge in [0.25, 0.3) is 0 Å². The Labute approximate surface area is 118 Å². The summed E-state index contributed by atoms with van der Waals surface area (Å²) in [5.41, 5.74) is 0.795. The zero-order valence-corrected chi connectivity index (χ0v) is 11.6. The summed E-state index contributed by atoms with van der Waals surface area (Å²) in [4.78, 5) is 14.0. The average Bonchev–Trinajstić information content (AvgIpc) is 2.47. The van der Waals surface area contributed by atoms with Gasteiger partial charge in [0.05, 0.1) is 0 Å². The van der Waals surface area contributed by atoms with Crippen molar-refractivity contribution in [3.63, 3.8) is 0 Å². The molecule has 0 spiro atoms. The first-order valence-electron chi connectivity index (χ1n) is 6.95. The van der Waals surface area contributed by atoms with Crippen LogP contribution < -0.4 is 0 Å². The van der Waals surface area contributed by atoms with Crippen molar-refractivity contribution in [1.29, 1.82) is 0 Å². The molecule has 1 aromatic rings. The molecule has 1 aliphatic heterocycles. The van der Waals surface area contributed by atoms with E-state index in [0.717, 1.165) is 18.4 Å². The van der Waals surface area contributed by atoms with Gasteiger partial charge >= 0.3 is 0 Å². The molecule has 0 radical (unpaired) electrons. The summed E-state index contributed by atoms with van der Waals surface area (Å²) in [6.45, 7) is 2.75. The van der Waals surface area contributed by atoms with E-state index in [1.165, 1.54) is 18.2 Å². The lowest BCUT2D eigenvalue weighted by Gasteiger charge is -2.36. The third-order valence-corrected chi connectivity index (χ3v) is 3.81. The molecular formula is C16H20FNO2. The Morgan fingerprint density at radius 2 is 2.10 bits per heavy atom. The second-order valence-electron chi connectivity index (χ2n) is 5.35. The Morgan fingerprint density at radius 1 is 1.40 bits per heavy atom. The standard InChI is InChI=1S/C16H20FNO2/c1-12-2-3-14(11-19)10-18(12)16(20)9-6-13-4-7-15(17)8-5-13/h4-9,12,14,19H,2-3,10-11H2,1H3/b9-6+. The van der Waals surface area contributed by atoms with Gasteiger partial charge in [-0.05, 0) is 49.5 Å². The highest BCUT2D eigenvalue weighted by atomic mass is 19.1. The normalized spacial score (nSPS) is 23.2. The highest BCUT2D eigenvalue weighted by molar-refractivity contribution is 5.92. The Balaban J connectivity index is 2.01. The van der Waals surface area contributed by atoms with Crippen LogP contribution in [0.1, 0.15) is 25.3 Å². The molecule has 4 heteroatoms. The minimum atomic E-state index is -0.288. The number of rotatable bonds is 3. The van der Waals surface area contributed by atoms with E-state index in [0.29, 0.717) is 6.54 Å². The number of nitrogens with zero attached hydrogens (tertiary/aromatic N) is 1. The molecule has 1 fully saturated rings. The summed E-state index contributed by atoms with van der Waals surface area (Å²) in [6.07, 6.45) is 5.09. The van der Waals surface area contributed by atoms with E-state index in [-0.39, 0.29) is 30.3 Å². The van der Waals surface area contributed by atoms with Crippen LogP contribution in [0, 0.1) is 11.7 Å². The van der Waals surface area contributed by atoms with E-state index in [4.69, 9.17) is 0 Å². The molecule has 1 aliphatic rings. The quantitative estimate of drug-likeness (QED) is 0.862. The van der Waals surface area contributed by atoms with Gasteiger partial charge in [-0.1, -0.05) is 12.1 Å². The topological polar surface area (TPSA) is 40.5 Å². The van der Waals surface area contributed by atoms with Crippen molar-refractivity contribution < 1.29 is 14.3 Å². The number of piperidine rings is 1. The van der Waals surface area contributed by atoms with E-state index in [2.05, 4.69) is 0 Å². The molecular weight excluding hydrogens is 257 g/mol. The number of aliphatic hydroxyl groups is 1. The first-order chi connectivity index (χ1) is 9.60. The third-order valence-electron chi connectivity index (χ3n) is 3.81. The molecule has 3 nitrogen and oxygen atoms in total. The minimum Gasteiger partial charge on any atom is -0.396 e. The van der Waals surface area contributed by atoms with Crippen LogP contribution in [0.25, 0.3) is 6.08 Å². The van der Waals surface area contributed by atoms with E-state index < -0.39 is 0 Å². The van der Waals surface area contributed by atoms with E-state index in [1.54, 1.807) is 23.1 Å². The lowest BCUT2D eigenvalue weighted by atomic mass is 9.94. The molecule has 108 valence electrons. The summed E-state index contributed by atoms with van der Waals surface area (Å²) >= 11 is 0. The third kappa shape index (κ3) is 3.67. The monoisotopic (exact) mass is 277 g/mol. The first kappa shape index (κ1) is 14.7. The molecule has 0 bridgehead atoms. The van der Waals surface area contributed by atoms with Gasteiger partial charge in [-0.25, -0.2) is 4.39 Å². The second kappa shape index (κ2) is 6.66. The molecule has 1 amide bonds. The largest absolute Gasteiger partial charge is 0.396 e. The number of carbonyl (C=O) groups excluding carboxylic acids is 1. The molecule has 2 rings (SSSR count). The maximum absolute atomic E-state index is 12.8. The molecule has 2 unspecified atom stereocenters. The highest BCUT2D eigenvalue weighted by Crippen LogP contribution is 2.22. The molecule has 1 aromatic carbocycles. The predicted molar refractivity (Wildman–Crippen MR) is 76.4 cm³/mol. The summed E-state index contributed by atoms with van der Waals surface area (Å²) in [6, 6.07) is 6.21. The van der Waals surface area contributed by atoms with Gasteiger partial charge < -0.3 is 10.0 Å². The smallest absolute Gasteiger partial charge is 0.246 e. The molecule has 1 heterocycles. The Kier molecular flexibility index (Phi) is 4.90. The first-order valence-corrected chi connectivity index (χ1v) is 6.95. The van der Waals surface area contributed by atoms with Gasteiger partial charge in [0.15, 0.2) is 0 Å². The van der Waals surface area contributed by atoms with Crippen LogP contribution >= 0.6 is 0 Å². The zero-order chi connectivity index (χ0) is 14.5. The van der Waals surface area contributed by atoms with Crippen LogP contribution in [0.3, 0.4) is 0 Å². The van der Waals surface area contributed by atoms with Crippen LogP contribution in [0.2, 0.25) is 0 Å². The van der Waals surface area contributed by atoms with Gasteiger partial charge in [0.2, 0.25) is 5.91 Å². The van der Waals surface area contributed by atoms with Gasteiger partial charge in [0, 0.05) is 25.3 Å². The van der Waals surface area contributed by atoms with E-state index in [1.807, 2.05) is 6.92 Å². The van der Waals surface area contributed by atoms with Crippen molar-refractivity contribution >= 4 is 12.0 Å². The number of benzene rings is 1. The van der Waals surface area contributed by atoms with Crippen molar-refractivity contribution in [2.45, 2.75) is 25.8 Å². The SMILES string of the molecule is CC1CCC(CO)CN1C(=O)/C=C/c1ccc(F)cc1. The zero-order valence-electron chi connectivity index (χ0n) is 11.6. The van der Waals surface area contributed by atoms with Crippen LogP contribution in [-0.2, 0) is 4.79 Å². The summed E-state index contributed by atoms with van der Waals surface area (Å²) < 4.78 is 12.8. The molecule has 20 heavy (non-hydrogen) atoms. The van der Waals surface area contributed by atoms with Crippen molar-refractivity contribution in [3.8, 4) is 0 Å². The van der Waals surface area contributed by atoms with Gasteiger partial charge in [-0.2, -0.15) is 0 Å². The number of aliphatic hydroxyl groups excluding tert-OH is 1. The predicted octanol–water partition coefficient (Wildman–Crippen LogP) is 2.46. The molecule has 0 aliphatic carbocycles. The number of amides is 1. The maximum Gasteiger partial charge on any atom is 0.246 e. The summed E-state index contributed by atoms with van der Waals surface area (Å²) in [5.74, 6) is -0.168. The van der Waals surface area contributed by atoms with Crippen LogP contribution in [0.5, 0.6) is 0 Å². The maximum atomic E-state index is 12.8. The molecule has 1 saturated heterocycles. The van der Waals surface area contributed by atoms with Crippen LogP contribution in [-0.4, -0.2) is 35.1 Å². The van der Waals surface area contributed by atoms with Gasteiger partial charge in [-0.15, -0.1) is 0 Å². The van der Waals surface area contributed by atoms with Crippen LogP contribution in [0.15, 0.2) is 30.3 Å².